The first kappa shape index (κ1) is 27.0. The number of hydrogen-bond donors (Lipinski definition) is 0. The summed E-state index contributed by atoms with van der Waals surface area (Å²) in [7, 11) is 0. The van der Waals surface area contributed by atoms with Gasteiger partial charge in [0, 0.05) is 38.1 Å². The number of aryl methyl sites for hydroxylation is 1. The number of thioether (sulfide) groups is 1. The van der Waals surface area contributed by atoms with E-state index in [2.05, 4.69) is 4.90 Å². The minimum atomic E-state index is -0.328. The van der Waals surface area contributed by atoms with Gasteiger partial charge in [-0.2, -0.15) is 0 Å². The summed E-state index contributed by atoms with van der Waals surface area (Å²) in [6, 6.07) is 17.5. The number of nitrogens with zero attached hydrogens (tertiary/aromatic N) is 4. The number of carbonyl (C=O) groups is 2. The first-order chi connectivity index (χ1) is 18.9. The van der Waals surface area contributed by atoms with Gasteiger partial charge in [0.15, 0.2) is 0 Å². The Labute approximate surface area is 236 Å². The molecule has 0 saturated carbocycles. The maximum absolute atomic E-state index is 13.9. The lowest BCUT2D eigenvalue weighted by Crippen LogP contribution is -2.49. The molecule has 3 aromatic rings. The van der Waals surface area contributed by atoms with E-state index >= 15 is 0 Å². The SMILES string of the molecule is CCOC(=O)N1CCN(c2c(C=C3SC(=S)N(Cc4ccccc4)C3=O)c(=O)n(CC)c3ccccc23)CC1. The largest absolute Gasteiger partial charge is 0.450 e. The zero-order valence-electron chi connectivity index (χ0n) is 22.0. The molecule has 0 atom stereocenters. The van der Waals surface area contributed by atoms with E-state index in [1.165, 1.54) is 11.8 Å². The van der Waals surface area contributed by atoms with Gasteiger partial charge < -0.3 is 19.1 Å². The summed E-state index contributed by atoms with van der Waals surface area (Å²) in [5.41, 5.74) is 2.89. The number of aromatic nitrogens is 1. The fourth-order valence-electron chi connectivity index (χ4n) is 5.06. The summed E-state index contributed by atoms with van der Waals surface area (Å²) < 4.78 is 7.39. The van der Waals surface area contributed by atoms with Crippen LogP contribution in [0.2, 0.25) is 0 Å². The van der Waals surface area contributed by atoms with E-state index in [1.54, 1.807) is 27.4 Å². The van der Waals surface area contributed by atoms with Crippen LogP contribution in [0.25, 0.3) is 17.0 Å². The highest BCUT2D eigenvalue weighted by Crippen LogP contribution is 2.37. The second-order valence-corrected chi connectivity index (χ2v) is 10.9. The molecule has 0 radical (unpaired) electrons. The Morgan fingerprint density at radius 1 is 1.00 bits per heavy atom. The number of pyridine rings is 1. The van der Waals surface area contributed by atoms with Crippen molar-refractivity contribution in [3.63, 3.8) is 0 Å². The highest BCUT2D eigenvalue weighted by atomic mass is 32.2. The van der Waals surface area contributed by atoms with Crippen molar-refractivity contribution >= 4 is 63.0 Å². The summed E-state index contributed by atoms with van der Waals surface area (Å²) in [4.78, 5) is 45.5. The van der Waals surface area contributed by atoms with Crippen LogP contribution in [-0.2, 0) is 22.6 Å². The van der Waals surface area contributed by atoms with Crippen molar-refractivity contribution in [1.82, 2.24) is 14.4 Å². The van der Waals surface area contributed by atoms with Gasteiger partial charge in [-0.15, -0.1) is 0 Å². The number of anilines is 1. The number of ether oxygens (including phenoxy) is 1. The third kappa shape index (κ3) is 5.31. The molecule has 202 valence electrons. The predicted molar refractivity (Wildman–Crippen MR) is 160 cm³/mol. The highest BCUT2D eigenvalue weighted by Gasteiger charge is 2.33. The van der Waals surface area contributed by atoms with Crippen molar-refractivity contribution < 1.29 is 14.3 Å². The summed E-state index contributed by atoms with van der Waals surface area (Å²) in [6.07, 6.45) is 1.38. The van der Waals surface area contributed by atoms with Crippen molar-refractivity contribution in [3.05, 3.63) is 81.0 Å². The van der Waals surface area contributed by atoms with E-state index in [1.807, 2.05) is 61.5 Å². The van der Waals surface area contributed by atoms with E-state index in [4.69, 9.17) is 17.0 Å². The van der Waals surface area contributed by atoms with E-state index in [-0.39, 0.29) is 17.6 Å². The zero-order valence-corrected chi connectivity index (χ0v) is 23.6. The standard InChI is InChI=1S/C29H30N4O4S2/c1-3-32-23-13-9-8-12-21(23)25(30-14-16-31(17-15-30)28(36)37-4-2)22(26(32)34)18-24-27(35)33(29(38)39-24)19-20-10-6-5-7-11-20/h5-13,18H,3-4,14-17,19H2,1-2H3. The Hall–Kier alpha value is -3.63. The van der Waals surface area contributed by atoms with Crippen LogP contribution in [0.3, 0.4) is 0 Å². The Kier molecular flexibility index (Phi) is 8.04. The second-order valence-electron chi connectivity index (χ2n) is 9.26. The molecule has 2 saturated heterocycles. The Morgan fingerprint density at radius 3 is 2.38 bits per heavy atom. The van der Waals surface area contributed by atoms with Crippen LogP contribution in [0, 0.1) is 0 Å². The van der Waals surface area contributed by atoms with Gasteiger partial charge in [0.25, 0.3) is 11.5 Å². The fourth-order valence-corrected chi connectivity index (χ4v) is 6.29. The number of carbonyl (C=O) groups excluding carboxylic acids is 2. The average Bonchev–Trinajstić information content (AvgIpc) is 3.21. The molecule has 2 aromatic carbocycles. The molecule has 0 spiro atoms. The van der Waals surface area contributed by atoms with Crippen molar-refractivity contribution in [2.75, 3.05) is 37.7 Å². The molecule has 3 heterocycles. The molecule has 1 aromatic heterocycles. The summed E-state index contributed by atoms with van der Waals surface area (Å²) in [6.45, 7) is 6.94. The number of benzene rings is 2. The lowest BCUT2D eigenvalue weighted by Gasteiger charge is -2.37. The fraction of sp³-hybridized carbons (Fsp3) is 0.310. The molecule has 8 nitrogen and oxygen atoms in total. The van der Waals surface area contributed by atoms with E-state index < -0.39 is 0 Å². The minimum Gasteiger partial charge on any atom is -0.450 e. The molecule has 2 amide bonds. The molecule has 39 heavy (non-hydrogen) atoms. The number of piperazine rings is 1. The molecule has 0 aliphatic carbocycles. The molecule has 0 unspecified atom stereocenters. The highest BCUT2D eigenvalue weighted by molar-refractivity contribution is 8.26. The van der Waals surface area contributed by atoms with Gasteiger partial charge in [-0.25, -0.2) is 4.79 Å². The van der Waals surface area contributed by atoms with Crippen LogP contribution in [-0.4, -0.2) is 63.5 Å². The Morgan fingerprint density at radius 2 is 1.69 bits per heavy atom. The number of fused-ring (bicyclic) bond motifs is 1. The smallest absolute Gasteiger partial charge is 0.409 e. The first-order valence-corrected chi connectivity index (χ1v) is 14.3. The number of rotatable bonds is 6. The van der Waals surface area contributed by atoms with Crippen LogP contribution in [0.5, 0.6) is 0 Å². The van der Waals surface area contributed by atoms with Gasteiger partial charge in [-0.1, -0.05) is 72.5 Å². The lowest BCUT2D eigenvalue weighted by molar-refractivity contribution is -0.122. The van der Waals surface area contributed by atoms with Crippen molar-refractivity contribution in [3.8, 4) is 0 Å². The van der Waals surface area contributed by atoms with Gasteiger partial charge in [0.05, 0.1) is 34.8 Å². The topological polar surface area (TPSA) is 75.1 Å². The number of para-hydroxylation sites is 1. The van der Waals surface area contributed by atoms with E-state index in [0.717, 1.165) is 22.2 Å². The Bertz CT molecular complexity index is 1510. The van der Waals surface area contributed by atoms with Crippen LogP contribution >= 0.6 is 24.0 Å². The van der Waals surface area contributed by atoms with Gasteiger partial charge >= 0.3 is 6.09 Å². The number of thiocarbonyl (C=S) groups is 1. The molecule has 2 fully saturated rings. The van der Waals surface area contributed by atoms with Crippen LogP contribution in [0.1, 0.15) is 25.0 Å². The van der Waals surface area contributed by atoms with Gasteiger partial charge in [0.2, 0.25) is 0 Å². The second kappa shape index (κ2) is 11.6. The molecular weight excluding hydrogens is 532 g/mol. The molecule has 2 aliphatic heterocycles. The molecule has 0 bridgehead atoms. The molecular formula is C29H30N4O4S2. The first-order valence-electron chi connectivity index (χ1n) is 13.0. The molecule has 5 rings (SSSR count). The minimum absolute atomic E-state index is 0.160. The Balaban J connectivity index is 1.56. The molecule has 2 aliphatic rings. The maximum atomic E-state index is 13.9. The quantitative estimate of drug-likeness (QED) is 0.318. The van der Waals surface area contributed by atoms with Crippen LogP contribution in [0.15, 0.2) is 64.3 Å². The third-order valence-corrected chi connectivity index (χ3v) is 8.33. The van der Waals surface area contributed by atoms with E-state index in [9.17, 15) is 14.4 Å². The van der Waals surface area contributed by atoms with Crippen LogP contribution < -0.4 is 10.5 Å². The van der Waals surface area contributed by atoms with Crippen molar-refractivity contribution in [2.24, 2.45) is 0 Å². The summed E-state index contributed by atoms with van der Waals surface area (Å²) in [5.74, 6) is -0.206. The summed E-state index contributed by atoms with van der Waals surface area (Å²) in [5, 5.41) is 0.926. The van der Waals surface area contributed by atoms with Gasteiger partial charge in [-0.05, 0) is 31.6 Å². The zero-order chi connectivity index (χ0) is 27.5. The monoisotopic (exact) mass is 562 g/mol. The number of amides is 2. The van der Waals surface area contributed by atoms with Crippen LogP contribution in [0.4, 0.5) is 10.5 Å². The maximum Gasteiger partial charge on any atom is 0.409 e. The molecule has 0 N–H and O–H groups in total. The van der Waals surface area contributed by atoms with Gasteiger partial charge in [-0.3, -0.25) is 14.5 Å². The third-order valence-electron chi connectivity index (χ3n) is 6.95. The van der Waals surface area contributed by atoms with Crippen molar-refractivity contribution in [2.45, 2.75) is 26.9 Å². The van der Waals surface area contributed by atoms with Crippen molar-refractivity contribution in [1.29, 1.82) is 0 Å². The number of hydrogen-bond acceptors (Lipinski definition) is 7. The normalized spacial score (nSPS) is 17.0. The molecule has 10 heteroatoms. The lowest BCUT2D eigenvalue weighted by atomic mass is 10.0. The van der Waals surface area contributed by atoms with Gasteiger partial charge in [0.1, 0.15) is 4.32 Å². The summed E-state index contributed by atoms with van der Waals surface area (Å²) >= 11 is 6.79. The predicted octanol–water partition coefficient (Wildman–Crippen LogP) is 4.70. The van der Waals surface area contributed by atoms with E-state index in [0.29, 0.717) is 60.7 Å². The average molecular weight is 563 g/mol.